The van der Waals surface area contributed by atoms with Crippen molar-refractivity contribution in [2.45, 2.75) is 0 Å². The first-order chi connectivity index (χ1) is 16.5. The summed E-state index contributed by atoms with van der Waals surface area (Å²) in [5, 5.41) is 6.67. The Hall–Kier alpha value is -4.59. The molecular weight excluding hydrogens is 434 g/mol. The maximum atomic E-state index is 13.0. The number of hydrazone groups is 1. The number of ether oxygens (including phenoxy) is 3. The number of methoxy groups -OCH3 is 3. The minimum atomic E-state index is -0.625. The van der Waals surface area contributed by atoms with Gasteiger partial charge in [0.15, 0.2) is 0 Å². The van der Waals surface area contributed by atoms with E-state index in [4.69, 9.17) is 14.2 Å². The van der Waals surface area contributed by atoms with Gasteiger partial charge in [-0.1, -0.05) is 30.3 Å². The molecule has 2 amide bonds. The molecule has 0 saturated carbocycles. The van der Waals surface area contributed by atoms with Crippen LogP contribution in [0.25, 0.3) is 6.08 Å². The van der Waals surface area contributed by atoms with Gasteiger partial charge in [0.05, 0.1) is 27.5 Å². The smallest absolute Gasteiger partial charge is 0.287 e. The molecule has 0 aliphatic heterocycles. The van der Waals surface area contributed by atoms with E-state index in [0.717, 1.165) is 0 Å². The highest BCUT2D eigenvalue weighted by Gasteiger charge is 2.16. The van der Waals surface area contributed by atoms with E-state index in [1.54, 1.807) is 67.8 Å². The van der Waals surface area contributed by atoms with E-state index in [2.05, 4.69) is 15.8 Å². The van der Waals surface area contributed by atoms with Crippen molar-refractivity contribution in [2.24, 2.45) is 5.10 Å². The zero-order valence-corrected chi connectivity index (χ0v) is 19.1. The molecule has 8 heteroatoms. The first-order valence-electron chi connectivity index (χ1n) is 10.3. The van der Waals surface area contributed by atoms with Crippen molar-refractivity contribution in [1.29, 1.82) is 0 Å². The Kier molecular flexibility index (Phi) is 8.40. The van der Waals surface area contributed by atoms with Crippen LogP contribution in [0.2, 0.25) is 0 Å². The summed E-state index contributed by atoms with van der Waals surface area (Å²) in [6, 6.07) is 20.9. The number of nitrogens with one attached hydrogen (secondary N) is 2. The van der Waals surface area contributed by atoms with E-state index in [1.807, 2.05) is 12.1 Å². The fourth-order valence-electron chi connectivity index (χ4n) is 3.04. The van der Waals surface area contributed by atoms with Gasteiger partial charge in [0.1, 0.15) is 22.9 Å². The van der Waals surface area contributed by atoms with Crippen LogP contribution in [0.5, 0.6) is 17.2 Å². The molecule has 2 N–H and O–H groups in total. The number of carbonyl (C=O) groups is 2. The predicted molar refractivity (Wildman–Crippen MR) is 130 cm³/mol. The van der Waals surface area contributed by atoms with Crippen molar-refractivity contribution in [3.63, 3.8) is 0 Å². The molecular formula is C26H25N3O5. The van der Waals surface area contributed by atoms with Crippen molar-refractivity contribution in [1.82, 2.24) is 10.7 Å². The first-order valence-corrected chi connectivity index (χ1v) is 10.3. The fraction of sp³-hybridized carbons (Fsp3) is 0.115. The standard InChI is InChI=1S/C26H25N3O5/c1-32-21-13-14-24(34-3)20(15-21)16-22(28-25(30)18-9-5-4-6-10-18)26(31)29-27-17-19-11-7-8-12-23(19)33-2/h4-17H,1-3H3,(H,28,30)(H,29,31)/b22-16-,27-17+. The second-order valence-electron chi connectivity index (χ2n) is 6.93. The third kappa shape index (κ3) is 6.23. The van der Waals surface area contributed by atoms with E-state index in [9.17, 15) is 9.59 Å². The normalized spacial score (nSPS) is 11.1. The van der Waals surface area contributed by atoms with Crippen molar-refractivity contribution in [2.75, 3.05) is 21.3 Å². The molecule has 3 aromatic rings. The molecule has 0 heterocycles. The van der Waals surface area contributed by atoms with Crippen LogP contribution < -0.4 is 25.0 Å². The first kappa shape index (κ1) is 24.1. The summed E-state index contributed by atoms with van der Waals surface area (Å²) >= 11 is 0. The van der Waals surface area contributed by atoms with Gasteiger partial charge in [0.25, 0.3) is 11.8 Å². The van der Waals surface area contributed by atoms with E-state index in [1.165, 1.54) is 26.5 Å². The van der Waals surface area contributed by atoms with Gasteiger partial charge in [-0.3, -0.25) is 9.59 Å². The van der Waals surface area contributed by atoms with Gasteiger partial charge in [0, 0.05) is 16.7 Å². The molecule has 0 aliphatic rings. The number of hydrogen-bond donors (Lipinski definition) is 2. The molecule has 0 saturated heterocycles. The summed E-state index contributed by atoms with van der Waals surface area (Å²) in [7, 11) is 4.60. The number of carbonyl (C=O) groups excluding carboxylic acids is 2. The number of amides is 2. The van der Waals surface area contributed by atoms with Crippen LogP contribution in [-0.4, -0.2) is 39.4 Å². The average molecular weight is 460 g/mol. The number of para-hydroxylation sites is 1. The number of hydrogen-bond acceptors (Lipinski definition) is 6. The largest absolute Gasteiger partial charge is 0.497 e. The predicted octanol–water partition coefficient (Wildman–Crippen LogP) is 3.63. The van der Waals surface area contributed by atoms with E-state index < -0.39 is 11.8 Å². The van der Waals surface area contributed by atoms with E-state index in [-0.39, 0.29) is 5.70 Å². The van der Waals surface area contributed by atoms with Gasteiger partial charge in [-0.2, -0.15) is 5.10 Å². The van der Waals surface area contributed by atoms with Crippen LogP contribution in [0.15, 0.2) is 83.6 Å². The highest BCUT2D eigenvalue weighted by molar-refractivity contribution is 6.05. The highest BCUT2D eigenvalue weighted by atomic mass is 16.5. The summed E-state index contributed by atoms with van der Waals surface area (Å²) in [5.41, 5.74) is 4.03. The molecule has 174 valence electrons. The number of rotatable bonds is 9. The van der Waals surface area contributed by atoms with Crippen molar-refractivity contribution >= 4 is 24.1 Å². The van der Waals surface area contributed by atoms with Crippen molar-refractivity contribution < 1.29 is 23.8 Å². The zero-order chi connectivity index (χ0) is 24.3. The lowest BCUT2D eigenvalue weighted by Crippen LogP contribution is -2.32. The van der Waals surface area contributed by atoms with Gasteiger partial charge in [-0.15, -0.1) is 0 Å². The minimum absolute atomic E-state index is 0.0300. The summed E-state index contributed by atoms with van der Waals surface area (Å²) in [4.78, 5) is 25.8. The quantitative estimate of drug-likeness (QED) is 0.289. The molecule has 8 nitrogen and oxygen atoms in total. The minimum Gasteiger partial charge on any atom is -0.497 e. The van der Waals surface area contributed by atoms with Gasteiger partial charge >= 0.3 is 0 Å². The van der Waals surface area contributed by atoms with Crippen LogP contribution >= 0.6 is 0 Å². The van der Waals surface area contributed by atoms with Gasteiger partial charge in [-0.25, -0.2) is 5.43 Å². The van der Waals surface area contributed by atoms with Gasteiger partial charge in [-0.05, 0) is 48.5 Å². The van der Waals surface area contributed by atoms with Crippen molar-refractivity contribution in [3.05, 3.63) is 95.2 Å². The van der Waals surface area contributed by atoms with E-state index in [0.29, 0.717) is 33.9 Å². The Morgan fingerprint density at radius 3 is 2.18 bits per heavy atom. The lowest BCUT2D eigenvalue weighted by atomic mass is 10.1. The molecule has 0 bridgehead atoms. The third-order valence-corrected chi connectivity index (χ3v) is 4.77. The van der Waals surface area contributed by atoms with Crippen LogP contribution in [0, 0.1) is 0 Å². The SMILES string of the molecule is COc1ccc(OC)c(/C=C(\NC(=O)c2ccccc2)C(=O)N/N=C/c2ccccc2OC)c1. The molecule has 0 fully saturated rings. The van der Waals surface area contributed by atoms with Crippen LogP contribution in [0.3, 0.4) is 0 Å². The van der Waals surface area contributed by atoms with Gasteiger partial charge in [0.2, 0.25) is 0 Å². The molecule has 34 heavy (non-hydrogen) atoms. The molecule has 3 aromatic carbocycles. The van der Waals surface area contributed by atoms with Crippen LogP contribution in [0.4, 0.5) is 0 Å². The summed E-state index contributed by atoms with van der Waals surface area (Å²) in [6.07, 6.45) is 2.95. The Bertz CT molecular complexity index is 1210. The second kappa shape index (κ2) is 11.9. The highest BCUT2D eigenvalue weighted by Crippen LogP contribution is 2.26. The summed E-state index contributed by atoms with van der Waals surface area (Å²) < 4.78 is 15.9. The molecule has 0 aliphatic carbocycles. The van der Waals surface area contributed by atoms with Crippen LogP contribution in [0.1, 0.15) is 21.5 Å². The van der Waals surface area contributed by atoms with Crippen LogP contribution in [-0.2, 0) is 4.79 Å². The zero-order valence-electron chi connectivity index (χ0n) is 19.1. The molecule has 0 atom stereocenters. The second-order valence-corrected chi connectivity index (χ2v) is 6.93. The summed E-state index contributed by atoms with van der Waals surface area (Å²) in [6.45, 7) is 0. The molecule has 0 radical (unpaired) electrons. The van der Waals surface area contributed by atoms with Crippen molar-refractivity contribution in [3.8, 4) is 17.2 Å². The molecule has 3 rings (SSSR count). The number of nitrogens with zero attached hydrogens (tertiary/aromatic N) is 1. The number of benzene rings is 3. The average Bonchev–Trinajstić information content (AvgIpc) is 2.88. The third-order valence-electron chi connectivity index (χ3n) is 4.77. The maximum Gasteiger partial charge on any atom is 0.287 e. The fourth-order valence-corrected chi connectivity index (χ4v) is 3.04. The molecule has 0 spiro atoms. The van der Waals surface area contributed by atoms with E-state index >= 15 is 0 Å². The lowest BCUT2D eigenvalue weighted by Gasteiger charge is -2.12. The Labute approximate surface area is 197 Å². The Morgan fingerprint density at radius 2 is 1.47 bits per heavy atom. The lowest BCUT2D eigenvalue weighted by molar-refractivity contribution is -0.117. The van der Waals surface area contributed by atoms with Gasteiger partial charge < -0.3 is 19.5 Å². The monoisotopic (exact) mass is 459 g/mol. The molecule has 0 unspecified atom stereocenters. The summed E-state index contributed by atoms with van der Waals surface area (Å²) in [5.74, 6) is 0.598. The topological polar surface area (TPSA) is 98.2 Å². The molecule has 0 aromatic heterocycles. The Balaban J connectivity index is 1.91. The Morgan fingerprint density at radius 1 is 0.794 bits per heavy atom. The maximum absolute atomic E-state index is 13.0.